The van der Waals surface area contributed by atoms with Crippen LogP contribution in [0.15, 0.2) is 67.3 Å². The van der Waals surface area contributed by atoms with Crippen molar-refractivity contribution in [2.24, 2.45) is 0 Å². The Morgan fingerprint density at radius 2 is 1.94 bits per heavy atom. The van der Waals surface area contributed by atoms with Gasteiger partial charge in [-0.3, -0.25) is 14.7 Å². The zero-order valence-corrected chi connectivity index (χ0v) is 18.2. The van der Waals surface area contributed by atoms with Crippen LogP contribution < -0.4 is 5.32 Å². The van der Waals surface area contributed by atoms with Crippen molar-refractivity contribution in [3.05, 3.63) is 89.6 Å². The van der Waals surface area contributed by atoms with E-state index in [9.17, 15) is 9.59 Å². The minimum atomic E-state index is -0.908. The summed E-state index contributed by atoms with van der Waals surface area (Å²) >= 11 is 0. The minimum absolute atomic E-state index is 0.322. The highest BCUT2D eigenvalue weighted by Crippen LogP contribution is 2.29. The molecule has 0 aliphatic carbocycles. The molecule has 0 saturated carbocycles. The highest BCUT2D eigenvalue weighted by molar-refractivity contribution is 6.05. The fourth-order valence-corrected chi connectivity index (χ4v) is 4.05. The van der Waals surface area contributed by atoms with Crippen molar-refractivity contribution in [3.63, 3.8) is 0 Å². The van der Waals surface area contributed by atoms with Gasteiger partial charge >= 0.3 is 5.97 Å². The molecule has 2 aromatic carbocycles. The average Bonchev–Trinajstić information content (AvgIpc) is 2.81. The summed E-state index contributed by atoms with van der Waals surface area (Å²) in [6.45, 7) is 7.74. The molecule has 32 heavy (non-hydrogen) atoms. The van der Waals surface area contributed by atoms with Crippen molar-refractivity contribution in [2.45, 2.75) is 32.5 Å². The van der Waals surface area contributed by atoms with Crippen LogP contribution in [0.3, 0.4) is 0 Å². The van der Waals surface area contributed by atoms with Gasteiger partial charge in [0.1, 0.15) is 0 Å². The summed E-state index contributed by atoms with van der Waals surface area (Å²) in [5.41, 5.74) is 4.30. The molecule has 1 aliphatic heterocycles. The molecule has 6 heteroatoms. The molecule has 0 spiro atoms. The van der Waals surface area contributed by atoms with Gasteiger partial charge in [0.05, 0.1) is 11.1 Å². The Labute approximate surface area is 187 Å². The first-order valence-corrected chi connectivity index (χ1v) is 10.8. The van der Waals surface area contributed by atoms with Gasteiger partial charge in [0.15, 0.2) is 6.10 Å². The summed E-state index contributed by atoms with van der Waals surface area (Å²) in [6.07, 6.45) is 1.43. The summed E-state index contributed by atoms with van der Waals surface area (Å²) in [5.74, 6) is -0.848. The molecule has 1 amide bonds. The number of amides is 1. The van der Waals surface area contributed by atoms with Crippen molar-refractivity contribution in [3.8, 4) is 0 Å². The Bertz CT molecular complexity index is 1140. The number of nitrogens with zero attached hydrogens (tertiary/aromatic N) is 2. The first-order valence-electron chi connectivity index (χ1n) is 10.8. The third kappa shape index (κ3) is 4.70. The van der Waals surface area contributed by atoms with E-state index in [4.69, 9.17) is 9.72 Å². The lowest BCUT2D eigenvalue weighted by Crippen LogP contribution is -2.37. The molecule has 164 valence electrons. The van der Waals surface area contributed by atoms with Crippen LogP contribution in [0, 0.1) is 0 Å². The van der Waals surface area contributed by atoms with E-state index in [-0.39, 0.29) is 5.91 Å². The van der Waals surface area contributed by atoms with E-state index in [2.05, 4.69) is 28.9 Å². The SMILES string of the molecule is C=CCNC(=O)C(C)OC(=O)c1c2c(nc3ccccc13)CCN(Cc1ccccc1)C2. The fraction of sp³-hybridized carbons (Fsp3) is 0.269. The first kappa shape index (κ1) is 21.7. The number of ether oxygens (including phenoxy) is 1. The number of para-hydroxylation sites is 1. The van der Waals surface area contributed by atoms with Gasteiger partial charge < -0.3 is 10.1 Å². The highest BCUT2D eigenvalue weighted by Gasteiger charge is 2.28. The number of carbonyl (C=O) groups is 2. The normalized spacial score (nSPS) is 14.4. The van der Waals surface area contributed by atoms with Crippen LogP contribution in [0.1, 0.15) is 34.1 Å². The number of nitrogens with one attached hydrogen (secondary N) is 1. The maximum atomic E-state index is 13.3. The fourth-order valence-electron chi connectivity index (χ4n) is 4.05. The van der Waals surface area contributed by atoms with Crippen molar-refractivity contribution in [1.29, 1.82) is 0 Å². The van der Waals surface area contributed by atoms with Crippen LogP contribution in [-0.4, -0.2) is 41.0 Å². The predicted octanol–water partition coefficient (Wildman–Crippen LogP) is 3.64. The summed E-state index contributed by atoms with van der Waals surface area (Å²) in [5, 5.41) is 3.41. The van der Waals surface area contributed by atoms with Gasteiger partial charge in [-0.05, 0) is 18.6 Å². The Hall–Kier alpha value is -3.51. The van der Waals surface area contributed by atoms with Gasteiger partial charge in [-0.25, -0.2) is 4.79 Å². The van der Waals surface area contributed by atoms with E-state index in [1.807, 2.05) is 42.5 Å². The number of rotatable bonds is 7. The zero-order valence-electron chi connectivity index (χ0n) is 18.2. The van der Waals surface area contributed by atoms with Gasteiger partial charge in [0.25, 0.3) is 5.91 Å². The van der Waals surface area contributed by atoms with Gasteiger partial charge in [-0.15, -0.1) is 6.58 Å². The molecule has 1 unspecified atom stereocenters. The lowest BCUT2D eigenvalue weighted by Gasteiger charge is -2.30. The molecule has 3 aromatic rings. The second kappa shape index (κ2) is 9.75. The lowest BCUT2D eigenvalue weighted by atomic mass is 9.95. The van der Waals surface area contributed by atoms with E-state index in [1.165, 1.54) is 5.56 Å². The lowest BCUT2D eigenvalue weighted by molar-refractivity contribution is -0.128. The standard InChI is InChI=1S/C26H27N3O3/c1-3-14-27-25(30)18(2)32-26(31)24-20-11-7-8-12-22(20)28-23-13-15-29(17-21(23)24)16-19-9-5-4-6-10-19/h3-12,18H,1,13-17H2,2H3,(H,27,30). The number of carbonyl (C=O) groups excluding carboxylic acids is 2. The van der Waals surface area contributed by atoms with E-state index in [0.717, 1.165) is 41.7 Å². The second-order valence-corrected chi connectivity index (χ2v) is 7.96. The molecule has 1 atom stereocenters. The number of esters is 1. The van der Waals surface area contributed by atoms with Crippen molar-refractivity contribution in [1.82, 2.24) is 15.2 Å². The number of pyridine rings is 1. The maximum Gasteiger partial charge on any atom is 0.339 e. The molecule has 4 rings (SSSR count). The van der Waals surface area contributed by atoms with Crippen LogP contribution in [0.25, 0.3) is 10.9 Å². The van der Waals surface area contributed by atoms with Crippen LogP contribution in [0.5, 0.6) is 0 Å². The molecular weight excluding hydrogens is 402 g/mol. The second-order valence-electron chi connectivity index (χ2n) is 7.96. The molecule has 1 aromatic heterocycles. The van der Waals surface area contributed by atoms with E-state index in [0.29, 0.717) is 18.7 Å². The van der Waals surface area contributed by atoms with Crippen LogP contribution in [0.4, 0.5) is 0 Å². The Morgan fingerprint density at radius 3 is 2.72 bits per heavy atom. The average molecular weight is 430 g/mol. The Morgan fingerprint density at radius 1 is 1.19 bits per heavy atom. The molecule has 0 saturated heterocycles. The van der Waals surface area contributed by atoms with Crippen LogP contribution >= 0.6 is 0 Å². The summed E-state index contributed by atoms with van der Waals surface area (Å²) in [6, 6.07) is 17.9. The van der Waals surface area contributed by atoms with E-state index >= 15 is 0 Å². The van der Waals surface area contributed by atoms with Crippen molar-refractivity contribution < 1.29 is 14.3 Å². The van der Waals surface area contributed by atoms with E-state index in [1.54, 1.807) is 13.0 Å². The van der Waals surface area contributed by atoms with Gasteiger partial charge in [0.2, 0.25) is 0 Å². The van der Waals surface area contributed by atoms with Crippen molar-refractivity contribution in [2.75, 3.05) is 13.1 Å². The topological polar surface area (TPSA) is 71.5 Å². The highest BCUT2D eigenvalue weighted by atomic mass is 16.5. The third-order valence-electron chi connectivity index (χ3n) is 5.65. The molecular formula is C26H27N3O3. The first-order chi connectivity index (χ1) is 15.6. The zero-order chi connectivity index (χ0) is 22.5. The molecule has 1 aliphatic rings. The number of aromatic nitrogens is 1. The molecule has 0 radical (unpaired) electrons. The molecule has 6 nitrogen and oxygen atoms in total. The quantitative estimate of drug-likeness (QED) is 0.459. The number of hydrogen-bond donors (Lipinski definition) is 1. The van der Waals surface area contributed by atoms with Gasteiger partial charge in [-0.2, -0.15) is 0 Å². The molecule has 1 N–H and O–H groups in total. The minimum Gasteiger partial charge on any atom is -0.449 e. The summed E-state index contributed by atoms with van der Waals surface area (Å²) in [7, 11) is 0. The predicted molar refractivity (Wildman–Crippen MR) is 124 cm³/mol. The third-order valence-corrected chi connectivity index (χ3v) is 5.65. The number of benzene rings is 2. The number of hydrogen-bond acceptors (Lipinski definition) is 5. The monoisotopic (exact) mass is 429 g/mol. The summed E-state index contributed by atoms with van der Waals surface area (Å²) < 4.78 is 5.59. The van der Waals surface area contributed by atoms with Crippen LogP contribution in [0.2, 0.25) is 0 Å². The molecule has 2 heterocycles. The maximum absolute atomic E-state index is 13.3. The Kier molecular flexibility index (Phi) is 6.61. The van der Waals surface area contributed by atoms with Gasteiger partial charge in [0, 0.05) is 49.2 Å². The van der Waals surface area contributed by atoms with Crippen molar-refractivity contribution >= 4 is 22.8 Å². The largest absolute Gasteiger partial charge is 0.449 e. The Balaban J connectivity index is 1.65. The molecule has 0 bridgehead atoms. The summed E-state index contributed by atoms with van der Waals surface area (Å²) in [4.78, 5) is 32.7. The van der Waals surface area contributed by atoms with E-state index < -0.39 is 12.1 Å². The number of fused-ring (bicyclic) bond motifs is 2. The smallest absolute Gasteiger partial charge is 0.339 e. The molecule has 0 fully saturated rings. The van der Waals surface area contributed by atoms with Crippen LogP contribution in [-0.2, 0) is 29.0 Å². The van der Waals surface area contributed by atoms with Gasteiger partial charge in [-0.1, -0.05) is 54.6 Å².